The lowest BCUT2D eigenvalue weighted by Gasteiger charge is -2.08. The summed E-state index contributed by atoms with van der Waals surface area (Å²) < 4.78 is 15.2. The van der Waals surface area contributed by atoms with Crippen LogP contribution in [0.15, 0.2) is 78.9 Å². The normalized spacial score (nSPS) is 10.7. The number of benzene rings is 3. The number of aromatic nitrogens is 3. The number of para-hydroxylation sites is 1. The van der Waals surface area contributed by atoms with Crippen molar-refractivity contribution in [1.29, 1.82) is 0 Å². The van der Waals surface area contributed by atoms with Crippen LogP contribution >= 0.6 is 12.2 Å². The number of ketones is 1. The second-order valence-electron chi connectivity index (χ2n) is 7.51. The molecule has 0 aliphatic heterocycles. The Kier molecular flexibility index (Phi) is 7.00. The molecule has 0 bridgehead atoms. The predicted molar refractivity (Wildman–Crippen MR) is 130 cm³/mol. The summed E-state index contributed by atoms with van der Waals surface area (Å²) in [6.07, 6.45) is 0. The number of hydrogen-bond acceptors (Lipinski definition) is 5. The number of ether oxygens (including phenoxy) is 2. The van der Waals surface area contributed by atoms with Gasteiger partial charge in [0.2, 0.25) is 4.77 Å². The van der Waals surface area contributed by atoms with Gasteiger partial charge in [-0.05, 0) is 74.6 Å². The molecule has 4 aromatic rings. The van der Waals surface area contributed by atoms with Crippen LogP contribution in [0.5, 0.6) is 11.5 Å². The molecule has 0 aliphatic carbocycles. The van der Waals surface area contributed by atoms with Crippen LogP contribution in [0, 0.1) is 11.7 Å². The van der Waals surface area contributed by atoms with Crippen LogP contribution in [0.25, 0.3) is 5.69 Å². The lowest BCUT2D eigenvalue weighted by molar-refractivity contribution is 0.0966. The van der Waals surface area contributed by atoms with Crippen LogP contribution in [0.2, 0.25) is 0 Å². The monoisotopic (exact) mass is 459 g/mol. The zero-order valence-electron chi connectivity index (χ0n) is 18.6. The lowest BCUT2D eigenvalue weighted by atomic mass is 10.1. The fourth-order valence-corrected chi connectivity index (χ4v) is 3.71. The molecule has 7 heteroatoms. The van der Waals surface area contributed by atoms with Crippen LogP contribution in [0.4, 0.5) is 0 Å². The second kappa shape index (κ2) is 10.3. The minimum absolute atomic E-state index is 0.0318. The van der Waals surface area contributed by atoms with Gasteiger partial charge in [0.1, 0.15) is 24.7 Å². The Labute approximate surface area is 198 Å². The highest BCUT2D eigenvalue weighted by Crippen LogP contribution is 2.18. The first-order valence-electron chi connectivity index (χ1n) is 10.7. The zero-order chi connectivity index (χ0) is 23.2. The molecular weight excluding hydrogens is 434 g/mol. The van der Waals surface area contributed by atoms with Crippen molar-refractivity contribution < 1.29 is 14.3 Å². The van der Waals surface area contributed by atoms with E-state index in [1.54, 1.807) is 28.9 Å². The zero-order valence-corrected chi connectivity index (χ0v) is 19.4. The fraction of sp³-hybridized carbons (Fsp3) is 0.192. The Morgan fingerprint density at radius 3 is 2.24 bits per heavy atom. The smallest absolute Gasteiger partial charge is 0.203 e. The molecule has 0 saturated carbocycles. The van der Waals surface area contributed by atoms with Crippen molar-refractivity contribution in [2.24, 2.45) is 0 Å². The van der Waals surface area contributed by atoms with Crippen molar-refractivity contribution in [1.82, 2.24) is 14.3 Å². The molecular formula is C26H25N3O3S. The summed E-state index contributed by atoms with van der Waals surface area (Å²) in [5.74, 6) is 2.00. The Bertz CT molecular complexity index is 1280. The number of carbonyl (C=O) groups excluding carboxylic acids is 1. The average molecular weight is 460 g/mol. The van der Waals surface area contributed by atoms with E-state index in [2.05, 4.69) is 5.10 Å². The molecule has 0 amide bonds. The molecule has 4 rings (SSSR count). The van der Waals surface area contributed by atoms with Gasteiger partial charge in [0.15, 0.2) is 11.6 Å². The predicted octanol–water partition coefficient (Wildman–Crippen LogP) is 5.57. The Morgan fingerprint density at radius 2 is 1.58 bits per heavy atom. The molecule has 0 spiro atoms. The summed E-state index contributed by atoms with van der Waals surface area (Å²) in [6, 6.07) is 24.6. The average Bonchev–Trinajstić information content (AvgIpc) is 3.14. The maximum atomic E-state index is 12.9. The highest BCUT2D eigenvalue weighted by atomic mass is 32.1. The molecule has 1 heterocycles. The molecule has 0 fully saturated rings. The molecule has 33 heavy (non-hydrogen) atoms. The van der Waals surface area contributed by atoms with Gasteiger partial charge in [-0.3, -0.25) is 9.36 Å². The third-order valence-electron chi connectivity index (χ3n) is 5.09. The summed E-state index contributed by atoms with van der Waals surface area (Å²) in [5, 5.41) is 4.64. The van der Waals surface area contributed by atoms with E-state index in [0.717, 1.165) is 22.7 Å². The van der Waals surface area contributed by atoms with Crippen molar-refractivity contribution in [3.8, 4) is 17.2 Å². The van der Waals surface area contributed by atoms with E-state index in [9.17, 15) is 4.79 Å². The van der Waals surface area contributed by atoms with Crippen molar-refractivity contribution in [3.63, 3.8) is 0 Å². The van der Waals surface area contributed by atoms with Crippen LogP contribution in [0.3, 0.4) is 0 Å². The minimum Gasteiger partial charge on any atom is -0.494 e. The van der Waals surface area contributed by atoms with Gasteiger partial charge in [-0.15, -0.1) is 0 Å². The summed E-state index contributed by atoms with van der Waals surface area (Å²) in [5.41, 5.74) is 2.59. The lowest BCUT2D eigenvalue weighted by Crippen LogP contribution is -2.12. The Hall–Kier alpha value is -3.71. The van der Waals surface area contributed by atoms with E-state index in [-0.39, 0.29) is 18.9 Å². The van der Waals surface area contributed by atoms with Gasteiger partial charge < -0.3 is 9.47 Å². The van der Waals surface area contributed by atoms with Gasteiger partial charge >= 0.3 is 0 Å². The van der Waals surface area contributed by atoms with E-state index in [1.165, 1.54) is 0 Å². The molecule has 3 aromatic carbocycles. The van der Waals surface area contributed by atoms with Crippen molar-refractivity contribution in [2.75, 3.05) is 6.61 Å². The molecule has 0 unspecified atom stereocenters. The molecule has 168 valence electrons. The largest absolute Gasteiger partial charge is 0.494 e. The molecule has 0 N–H and O–H groups in total. The number of nitrogens with zero attached hydrogens (tertiary/aromatic N) is 3. The van der Waals surface area contributed by atoms with Crippen LogP contribution < -0.4 is 9.47 Å². The van der Waals surface area contributed by atoms with Crippen molar-refractivity contribution in [3.05, 3.63) is 101 Å². The van der Waals surface area contributed by atoms with Crippen LogP contribution in [0.1, 0.15) is 28.7 Å². The van der Waals surface area contributed by atoms with Gasteiger partial charge in [-0.2, -0.15) is 5.10 Å². The quantitative estimate of drug-likeness (QED) is 0.242. The van der Waals surface area contributed by atoms with Crippen molar-refractivity contribution in [2.45, 2.75) is 27.0 Å². The van der Waals surface area contributed by atoms with Gasteiger partial charge in [-0.1, -0.05) is 35.9 Å². The highest BCUT2D eigenvalue weighted by Gasteiger charge is 2.16. The van der Waals surface area contributed by atoms with E-state index >= 15 is 0 Å². The standard InChI is InChI=1S/C26H25N3O3S/c1-3-31-23-15-11-20(12-16-23)24(30)17-28-26(33)29(21-13-9-19(2)10-14-21)25(27-28)18-32-22-7-5-4-6-8-22/h4-16H,3,17-18H2,1-2H3. The SMILES string of the molecule is CCOc1ccc(C(=O)Cn2nc(COc3ccccc3)n(-c3ccc(C)cc3)c2=S)cc1. The van der Waals surface area contributed by atoms with Gasteiger partial charge in [0.05, 0.1) is 6.61 Å². The Morgan fingerprint density at radius 1 is 0.909 bits per heavy atom. The summed E-state index contributed by atoms with van der Waals surface area (Å²) in [7, 11) is 0. The van der Waals surface area contributed by atoms with E-state index in [1.807, 2.05) is 73.0 Å². The molecule has 6 nitrogen and oxygen atoms in total. The van der Waals surface area contributed by atoms with E-state index < -0.39 is 0 Å². The van der Waals surface area contributed by atoms with E-state index in [0.29, 0.717) is 22.8 Å². The van der Waals surface area contributed by atoms with Gasteiger partial charge in [0.25, 0.3) is 0 Å². The molecule has 0 aliphatic rings. The molecule has 0 saturated heterocycles. The minimum atomic E-state index is -0.0850. The highest BCUT2D eigenvalue weighted by molar-refractivity contribution is 7.71. The number of aryl methyl sites for hydroxylation is 1. The summed E-state index contributed by atoms with van der Waals surface area (Å²) in [6.45, 7) is 4.77. The first-order chi connectivity index (χ1) is 16.0. The summed E-state index contributed by atoms with van der Waals surface area (Å²) >= 11 is 5.72. The van der Waals surface area contributed by atoms with Gasteiger partial charge in [0, 0.05) is 11.3 Å². The number of carbonyl (C=O) groups is 1. The molecule has 0 atom stereocenters. The third kappa shape index (κ3) is 5.38. The maximum absolute atomic E-state index is 12.9. The molecule has 1 aromatic heterocycles. The maximum Gasteiger partial charge on any atom is 0.203 e. The van der Waals surface area contributed by atoms with Crippen LogP contribution in [-0.4, -0.2) is 26.7 Å². The summed E-state index contributed by atoms with van der Waals surface area (Å²) in [4.78, 5) is 12.9. The third-order valence-corrected chi connectivity index (χ3v) is 5.48. The Balaban J connectivity index is 1.63. The topological polar surface area (TPSA) is 58.3 Å². The first-order valence-corrected chi connectivity index (χ1v) is 11.2. The van der Waals surface area contributed by atoms with Gasteiger partial charge in [-0.25, -0.2) is 4.68 Å². The first kappa shape index (κ1) is 22.5. The van der Waals surface area contributed by atoms with E-state index in [4.69, 9.17) is 21.7 Å². The van der Waals surface area contributed by atoms with Crippen LogP contribution in [-0.2, 0) is 13.2 Å². The number of Topliss-reactive ketones (excluding diaryl/α,β-unsaturated/α-hetero) is 1. The van der Waals surface area contributed by atoms with Crippen molar-refractivity contribution >= 4 is 18.0 Å². The fourth-order valence-electron chi connectivity index (χ4n) is 3.40. The molecule has 0 radical (unpaired) electrons. The number of hydrogen-bond donors (Lipinski definition) is 0. The second-order valence-corrected chi connectivity index (χ2v) is 7.87. The number of rotatable bonds is 9.